The molecule has 0 aliphatic carbocycles. The summed E-state index contributed by atoms with van der Waals surface area (Å²) in [6, 6.07) is 3.49. The van der Waals surface area contributed by atoms with Crippen molar-refractivity contribution < 1.29 is 8.42 Å². The normalized spacial score (nSPS) is 13.3. The number of nitrogens with one attached hydrogen (secondary N) is 1. The lowest BCUT2D eigenvalue weighted by Crippen LogP contribution is -2.35. The van der Waals surface area contributed by atoms with Crippen molar-refractivity contribution in [1.29, 1.82) is 0 Å². The standard InChI is InChI=1S/C16H28N2O2S/c1-5-7-9-14(8-6-2)18-21(19,20)16-11-12(3)10-15(17)13(16)4/h10-11,14,18H,5-9,17H2,1-4H3. The summed E-state index contributed by atoms with van der Waals surface area (Å²) in [7, 11) is -3.52. The predicted molar refractivity (Wildman–Crippen MR) is 88.9 cm³/mol. The van der Waals surface area contributed by atoms with E-state index in [0.717, 1.165) is 37.7 Å². The van der Waals surface area contributed by atoms with Crippen LogP contribution in [-0.4, -0.2) is 14.5 Å². The topological polar surface area (TPSA) is 72.2 Å². The van der Waals surface area contributed by atoms with E-state index in [4.69, 9.17) is 5.73 Å². The molecule has 5 heteroatoms. The van der Waals surface area contributed by atoms with Crippen molar-refractivity contribution in [3.63, 3.8) is 0 Å². The van der Waals surface area contributed by atoms with Crippen LogP contribution in [0.3, 0.4) is 0 Å². The first-order valence-electron chi connectivity index (χ1n) is 7.70. The van der Waals surface area contributed by atoms with Gasteiger partial charge in [-0.05, 0) is 49.9 Å². The van der Waals surface area contributed by atoms with E-state index in [2.05, 4.69) is 18.6 Å². The molecule has 0 amide bonds. The van der Waals surface area contributed by atoms with Crippen molar-refractivity contribution in [3.05, 3.63) is 23.3 Å². The number of rotatable bonds is 8. The van der Waals surface area contributed by atoms with Crippen LogP contribution in [0.25, 0.3) is 0 Å². The zero-order valence-electron chi connectivity index (χ0n) is 13.6. The SMILES string of the molecule is CCCCC(CCC)NS(=O)(=O)c1cc(C)cc(N)c1C. The largest absolute Gasteiger partial charge is 0.398 e. The van der Waals surface area contributed by atoms with Crippen LogP contribution in [0.2, 0.25) is 0 Å². The Kier molecular flexibility index (Phi) is 6.68. The number of benzene rings is 1. The van der Waals surface area contributed by atoms with Crippen molar-refractivity contribution in [2.45, 2.75) is 70.7 Å². The van der Waals surface area contributed by atoms with Crippen molar-refractivity contribution in [2.24, 2.45) is 0 Å². The molecule has 0 radical (unpaired) electrons. The van der Waals surface area contributed by atoms with Crippen molar-refractivity contribution in [1.82, 2.24) is 4.72 Å². The molecule has 1 aromatic carbocycles. The molecule has 0 aliphatic heterocycles. The zero-order valence-corrected chi connectivity index (χ0v) is 14.4. The summed E-state index contributed by atoms with van der Waals surface area (Å²) in [5, 5.41) is 0. The molecule has 1 aromatic rings. The summed E-state index contributed by atoms with van der Waals surface area (Å²) in [4.78, 5) is 0.303. The Hall–Kier alpha value is -1.07. The summed E-state index contributed by atoms with van der Waals surface area (Å²) in [6.45, 7) is 7.80. The van der Waals surface area contributed by atoms with E-state index in [0.29, 0.717) is 16.1 Å². The van der Waals surface area contributed by atoms with Crippen LogP contribution in [0, 0.1) is 13.8 Å². The Morgan fingerprint density at radius 1 is 1.14 bits per heavy atom. The summed E-state index contributed by atoms with van der Waals surface area (Å²) < 4.78 is 28.1. The van der Waals surface area contributed by atoms with Gasteiger partial charge >= 0.3 is 0 Å². The lowest BCUT2D eigenvalue weighted by molar-refractivity contribution is 0.483. The fraction of sp³-hybridized carbons (Fsp3) is 0.625. The number of anilines is 1. The molecule has 0 saturated heterocycles. The number of sulfonamides is 1. The third-order valence-corrected chi connectivity index (χ3v) is 5.35. The second-order valence-electron chi connectivity index (χ2n) is 5.73. The highest BCUT2D eigenvalue weighted by atomic mass is 32.2. The number of nitrogen functional groups attached to an aromatic ring is 1. The predicted octanol–water partition coefficient (Wildman–Crippen LogP) is 3.52. The van der Waals surface area contributed by atoms with Crippen LogP contribution in [-0.2, 0) is 10.0 Å². The van der Waals surface area contributed by atoms with E-state index < -0.39 is 10.0 Å². The van der Waals surface area contributed by atoms with Gasteiger partial charge in [0.25, 0.3) is 0 Å². The van der Waals surface area contributed by atoms with Gasteiger partial charge in [0.1, 0.15) is 0 Å². The highest BCUT2D eigenvalue weighted by Gasteiger charge is 2.22. The van der Waals surface area contributed by atoms with Gasteiger partial charge in [-0.1, -0.05) is 33.1 Å². The molecule has 0 spiro atoms. The van der Waals surface area contributed by atoms with E-state index in [-0.39, 0.29) is 6.04 Å². The van der Waals surface area contributed by atoms with Crippen LogP contribution >= 0.6 is 0 Å². The number of nitrogens with two attached hydrogens (primary N) is 1. The van der Waals surface area contributed by atoms with Crippen LogP contribution in [0.1, 0.15) is 57.1 Å². The lowest BCUT2D eigenvalue weighted by atomic mass is 10.1. The molecule has 0 bridgehead atoms. The molecule has 0 aromatic heterocycles. The van der Waals surface area contributed by atoms with Crippen LogP contribution in [0.5, 0.6) is 0 Å². The zero-order chi connectivity index (χ0) is 16.0. The van der Waals surface area contributed by atoms with Gasteiger partial charge in [-0.25, -0.2) is 13.1 Å². The minimum absolute atomic E-state index is 0.00101. The van der Waals surface area contributed by atoms with Crippen molar-refractivity contribution >= 4 is 15.7 Å². The van der Waals surface area contributed by atoms with Gasteiger partial charge in [-0.3, -0.25) is 0 Å². The molecule has 0 heterocycles. The average molecular weight is 312 g/mol. The maximum Gasteiger partial charge on any atom is 0.241 e. The van der Waals surface area contributed by atoms with Gasteiger partial charge in [-0.15, -0.1) is 0 Å². The molecule has 1 atom stereocenters. The van der Waals surface area contributed by atoms with E-state index in [1.54, 1.807) is 19.1 Å². The minimum Gasteiger partial charge on any atom is -0.398 e. The average Bonchev–Trinajstić information content (AvgIpc) is 2.40. The highest BCUT2D eigenvalue weighted by Crippen LogP contribution is 2.24. The smallest absolute Gasteiger partial charge is 0.241 e. The van der Waals surface area contributed by atoms with Gasteiger partial charge in [0.2, 0.25) is 10.0 Å². The molecule has 21 heavy (non-hydrogen) atoms. The molecule has 0 saturated carbocycles. The lowest BCUT2D eigenvalue weighted by Gasteiger charge is -2.19. The van der Waals surface area contributed by atoms with Crippen LogP contribution < -0.4 is 10.5 Å². The maximum absolute atomic E-state index is 12.6. The molecular formula is C16H28N2O2S. The van der Waals surface area contributed by atoms with E-state index in [1.807, 2.05) is 6.92 Å². The fourth-order valence-corrected chi connectivity index (χ4v) is 4.14. The van der Waals surface area contributed by atoms with Crippen LogP contribution in [0.15, 0.2) is 17.0 Å². The molecule has 1 unspecified atom stereocenters. The van der Waals surface area contributed by atoms with Gasteiger partial charge in [0, 0.05) is 11.7 Å². The Bertz CT molecular complexity index is 568. The van der Waals surface area contributed by atoms with Gasteiger partial charge in [0.05, 0.1) is 4.90 Å². The number of hydrogen-bond acceptors (Lipinski definition) is 3. The molecular weight excluding hydrogens is 284 g/mol. The molecule has 4 nitrogen and oxygen atoms in total. The van der Waals surface area contributed by atoms with Crippen LogP contribution in [0.4, 0.5) is 5.69 Å². The maximum atomic E-state index is 12.6. The quantitative estimate of drug-likeness (QED) is 0.721. The minimum atomic E-state index is -3.52. The second kappa shape index (κ2) is 7.80. The van der Waals surface area contributed by atoms with Gasteiger partial charge in [-0.2, -0.15) is 0 Å². The molecule has 1 rings (SSSR count). The third-order valence-electron chi connectivity index (χ3n) is 3.70. The Labute approximate surface area is 129 Å². The monoisotopic (exact) mass is 312 g/mol. The van der Waals surface area contributed by atoms with Gasteiger partial charge < -0.3 is 5.73 Å². The number of unbranched alkanes of at least 4 members (excludes halogenated alkanes) is 1. The van der Waals surface area contributed by atoms with E-state index in [9.17, 15) is 8.42 Å². The highest BCUT2D eigenvalue weighted by molar-refractivity contribution is 7.89. The Balaban J connectivity index is 3.04. The first-order chi connectivity index (χ1) is 9.81. The summed E-state index contributed by atoms with van der Waals surface area (Å²) in [6.07, 6.45) is 4.80. The van der Waals surface area contributed by atoms with E-state index in [1.165, 1.54) is 0 Å². The fourth-order valence-electron chi connectivity index (χ4n) is 2.48. The Morgan fingerprint density at radius 2 is 1.81 bits per heavy atom. The molecule has 120 valence electrons. The van der Waals surface area contributed by atoms with Crippen molar-refractivity contribution in [3.8, 4) is 0 Å². The molecule has 0 aliphatic rings. The summed E-state index contributed by atoms with van der Waals surface area (Å²) in [5.74, 6) is 0. The number of aryl methyl sites for hydroxylation is 1. The summed E-state index contributed by atoms with van der Waals surface area (Å²) >= 11 is 0. The molecule has 3 N–H and O–H groups in total. The first kappa shape index (κ1) is 18.0. The second-order valence-corrected chi connectivity index (χ2v) is 7.41. The van der Waals surface area contributed by atoms with Gasteiger partial charge in [0.15, 0.2) is 0 Å². The first-order valence-corrected chi connectivity index (χ1v) is 9.19. The molecule has 0 fully saturated rings. The van der Waals surface area contributed by atoms with E-state index >= 15 is 0 Å². The summed E-state index contributed by atoms with van der Waals surface area (Å²) in [5.41, 5.74) is 7.90. The number of hydrogen-bond donors (Lipinski definition) is 2. The van der Waals surface area contributed by atoms with Crippen molar-refractivity contribution in [2.75, 3.05) is 5.73 Å². The third kappa shape index (κ3) is 5.00. The Morgan fingerprint density at radius 3 is 2.38 bits per heavy atom.